The van der Waals surface area contributed by atoms with Crippen LogP contribution in [-0.2, 0) is 4.74 Å². The van der Waals surface area contributed by atoms with Crippen LogP contribution in [0.25, 0.3) is 0 Å². The van der Waals surface area contributed by atoms with Crippen molar-refractivity contribution in [2.45, 2.75) is 32.4 Å². The van der Waals surface area contributed by atoms with Crippen LogP contribution in [0.4, 0.5) is 0 Å². The van der Waals surface area contributed by atoms with Gasteiger partial charge in [-0.2, -0.15) is 0 Å². The van der Waals surface area contributed by atoms with Crippen molar-refractivity contribution in [3.8, 4) is 5.75 Å². The lowest BCUT2D eigenvalue weighted by atomic mass is 10.2. The van der Waals surface area contributed by atoms with Crippen LogP contribution in [0, 0.1) is 6.92 Å². The highest BCUT2D eigenvalue weighted by atomic mass is 16.5. The maximum absolute atomic E-state index is 9.84. The highest BCUT2D eigenvalue weighted by molar-refractivity contribution is 5.27. The molecule has 0 aromatic heterocycles. The maximum atomic E-state index is 9.84. The number of ether oxygens (including phenoxy) is 2. The van der Waals surface area contributed by atoms with Gasteiger partial charge in [0.1, 0.15) is 18.5 Å². The average molecular weight is 267 g/mol. The molecule has 0 heterocycles. The molecule has 108 valence electrons. The second kappa shape index (κ2) is 8.91. The van der Waals surface area contributed by atoms with Crippen molar-refractivity contribution < 1.29 is 14.6 Å². The molecule has 0 aliphatic heterocycles. The molecule has 2 N–H and O–H groups in total. The molecule has 1 aromatic carbocycles. The summed E-state index contributed by atoms with van der Waals surface area (Å²) in [5.41, 5.74) is 1.15. The monoisotopic (exact) mass is 267 g/mol. The third-order valence-electron chi connectivity index (χ3n) is 2.89. The summed E-state index contributed by atoms with van der Waals surface area (Å²) in [5.74, 6) is 0.798. The van der Waals surface area contributed by atoms with Crippen LogP contribution in [0.1, 0.15) is 18.9 Å². The van der Waals surface area contributed by atoms with Crippen molar-refractivity contribution >= 4 is 0 Å². The summed E-state index contributed by atoms with van der Waals surface area (Å²) in [7, 11) is 1.69. The zero-order chi connectivity index (χ0) is 14.1. The molecule has 0 fully saturated rings. The summed E-state index contributed by atoms with van der Waals surface area (Å²) in [6.45, 7) is 5.64. The molecular formula is C15H25NO3. The molecule has 19 heavy (non-hydrogen) atoms. The van der Waals surface area contributed by atoms with E-state index < -0.39 is 6.10 Å². The molecule has 0 saturated heterocycles. The van der Waals surface area contributed by atoms with E-state index in [0.29, 0.717) is 19.2 Å². The van der Waals surface area contributed by atoms with Gasteiger partial charge in [0.15, 0.2) is 0 Å². The van der Waals surface area contributed by atoms with Gasteiger partial charge >= 0.3 is 0 Å². The van der Waals surface area contributed by atoms with Crippen LogP contribution < -0.4 is 10.1 Å². The fourth-order valence-corrected chi connectivity index (χ4v) is 1.69. The first-order valence-corrected chi connectivity index (χ1v) is 6.71. The van der Waals surface area contributed by atoms with E-state index in [2.05, 4.69) is 12.2 Å². The lowest BCUT2D eigenvalue weighted by Crippen LogP contribution is -2.37. The molecular weight excluding hydrogens is 242 g/mol. The van der Waals surface area contributed by atoms with Gasteiger partial charge < -0.3 is 19.9 Å². The molecule has 4 heteroatoms. The van der Waals surface area contributed by atoms with Crippen LogP contribution in [0.15, 0.2) is 24.3 Å². The predicted octanol–water partition coefficient (Wildman–Crippen LogP) is 1.75. The van der Waals surface area contributed by atoms with Crippen molar-refractivity contribution in [2.24, 2.45) is 0 Å². The van der Waals surface area contributed by atoms with Gasteiger partial charge in [0.05, 0.1) is 0 Å². The molecule has 0 aliphatic rings. The minimum atomic E-state index is -0.509. The molecule has 2 atom stereocenters. The average Bonchev–Trinajstić information content (AvgIpc) is 2.40. The number of nitrogens with one attached hydrogen (secondary N) is 1. The molecule has 0 amide bonds. The fourth-order valence-electron chi connectivity index (χ4n) is 1.69. The third-order valence-corrected chi connectivity index (χ3v) is 2.89. The highest BCUT2D eigenvalue weighted by Crippen LogP contribution is 2.12. The van der Waals surface area contributed by atoms with E-state index in [1.54, 1.807) is 7.11 Å². The largest absolute Gasteiger partial charge is 0.491 e. The number of aliphatic hydroxyl groups excluding tert-OH is 1. The lowest BCUT2D eigenvalue weighted by Gasteiger charge is -2.17. The van der Waals surface area contributed by atoms with Gasteiger partial charge in [-0.05, 0) is 38.0 Å². The quantitative estimate of drug-likeness (QED) is 0.715. The van der Waals surface area contributed by atoms with Gasteiger partial charge in [-0.15, -0.1) is 0 Å². The standard InChI is InChI=1S/C15H25NO3/c1-12-5-4-6-15(9-12)19-11-14(17)10-16-13(2)7-8-18-3/h4-6,9,13-14,16-17H,7-8,10-11H2,1-3H3. The van der Waals surface area contributed by atoms with Gasteiger partial charge in [-0.1, -0.05) is 12.1 Å². The second-order valence-electron chi connectivity index (χ2n) is 4.87. The van der Waals surface area contributed by atoms with Crippen LogP contribution in [0.2, 0.25) is 0 Å². The molecule has 1 aromatic rings. The van der Waals surface area contributed by atoms with E-state index in [-0.39, 0.29) is 0 Å². The zero-order valence-corrected chi connectivity index (χ0v) is 12.1. The Hall–Kier alpha value is -1.10. The first-order chi connectivity index (χ1) is 9.11. The first kappa shape index (κ1) is 16.0. The molecule has 0 bridgehead atoms. The number of methoxy groups -OCH3 is 1. The highest BCUT2D eigenvalue weighted by Gasteiger charge is 2.08. The molecule has 0 radical (unpaired) electrons. The Balaban J connectivity index is 2.19. The zero-order valence-electron chi connectivity index (χ0n) is 12.1. The number of aryl methyl sites for hydroxylation is 1. The number of benzene rings is 1. The Morgan fingerprint density at radius 3 is 2.84 bits per heavy atom. The Morgan fingerprint density at radius 2 is 2.16 bits per heavy atom. The van der Waals surface area contributed by atoms with Crippen molar-refractivity contribution in [2.75, 3.05) is 26.9 Å². The summed E-state index contributed by atoms with van der Waals surface area (Å²) in [4.78, 5) is 0. The summed E-state index contributed by atoms with van der Waals surface area (Å²) >= 11 is 0. The van der Waals surface area contributed by atoms with E-state index in [9.17, 15) is 5.11 Å². The lowest BCUT2D eigenvalue weighted by molar-refractivity contribution is 0.102. The fraction of sp³-hybridized carbons (Fsp3) is 0.600. The van der Waals surface area contributed by atoms with Gasteiger partial charge in [-0.3, -0.25) is 0 Å². The molecule has 1 rings (SSSR count). The van der Waals surface area contributed by atoms with E-state index in [1.807, 2.05) is 31.2 Å². The molecule has 0 saturated carbocycles. The molecule has 0 aliphatic carbocycles. The summed E-state index contributed by atoms with van der Waals surface area (Å²) < 4.78 is 10.6. The molecule has 4 nitrogen and oxygen atoms in total. The van der Waals surface area contributed by atoms with Crippen LogP contribution >= 0.6 is 0 Å². The van der Waals surface area contributed by atoms with E-state index >= 15 is 0 Å². The van der Waals surface area contributed by atoms with Crippen molar-refractivity contribution in [1.82, 2.24) is 5.32 Å². The van der Waals surface area contributed by atoms with E-state index in [0.717, 1.165) is 24.3 Å². The first-order valence-electron chi connectivity index (χ1n) is 6.71. The maximum Gasteiger partial charge on any atom is 0.119 e. The number of rotatable bonds is 9. The number of aliphatic hydroxyl groups is 1. The Labute approximate surface area is 115 Å². The molecule has 0 spiro atoms. The van der Waals surface area contributed by atoms with Gasteiger partial charge in [-0.25, -0.2) is 0 Å². The van der Waals surface area contributed by atoms with Gasteiger partial charge in [0, 0.05) is 26.3 Å². The van der Waals surface area contributed by atoms with Crippen LogP contribution in [-0.4, -0.2) is 44.1 Å². The SMILES string of the molecule is COCCC(C)NCC(O)COc1cccc(C)c1. The van der Waals surface area contributed by atoms with E-state index in [1.165, 1.54) is 0 Å². The molecule has 2 unspecified atom stereocenters. The Kier molecular flexibility index (Phi) is 7.48. The minimum absolute atomic E-state index is 0.299. The van der Waals surface area contributed by atoms with Crippen molar-refractivity contribution in [3.63, 3.8) is 0 Å². The Bertz CT molecular complexity index is 357. The van der Waals surface area contributed by atoms with Crippen molar-refractivity contribution in [1.29, 1.82) is 0 Å². The van der Waals surface area contributed by atoms with E-state index in [4.69, 9.17) is 9.47 Å². The topological polar surface area (TPSA) is 50.7 Å². The summed E-state index contributed by atoms with van der Waals surface area (Å²) in [6.07, 6.45) is 0.424. The number of hydrogen-bond donors (Lipinski definition) is 2. The number of hydrogen-bond acceptors (Lipinski definition) is 4. The minimum Gasteiger partial charge on any atom is -0.491 e. The smallest absolute Gasteiger partial charge is 0.119 e. The normalized spacial score (nSPS) is 14.1. The van der Waals surface area contributed by atoms with Crippen molar-refractivity contribution in [3.05, 3.63) is 29.8 Å². The second-order valence-corrected chi connectivity index (χ2v) is 4.87. The van der Waals surface area contributed by atoms with Crippen LogP contribution in [0.5, 0.6) is 5.75 Å². The van der Waals surface area contributed by atoms with Gasteiger partial charge in [0.25, 0.3) is 0 Å². The summed E-state index contributed by atoms with van der Waals surface area (Å²) in [6, 6.07) is 8.15. The predicted molar refractivity (Wildman–Crippen MR) is 76.6 cm³/mol. The Morgan fingerprint density at radius 1 is 1.37 bits per heavy atom. The summed E-state index contributed by atoms with van der Waals surface area (Å²) in [5, 5.41) is 13.1. The van der Waals surface area contributed by atoms with Crippen LogP contribution in [0.3, 0.4) is 0 Å². The van der Waals surface area contributed by atoms with Gasteiger partial charge in [0.2, 0.25) is 0 Å². The third kappa shape index (κ3) is 7.15.